The maximum absolute atomic E-state index is 9.75. The molecule has 1 N–H and O–H groups in total. The van der Waals surface area contributed by atoms with Gasteiger partial charge < -0.3 is 9.84 Å². The molecular weight excluding hydrogens is 214 g/mol. The molecule has 0 aliphatic carbocycles. The number of benzene rings is 1. The van der Waals surface area contributed by atoms with E-state index < -0.39 is 5.60 Å². The summed E-state index contributed by atoms with van der Waals surface area (Å²) in [5.74, 6) is 0.895. The van der Waals surface area contributed by atoms with Gasteiger partial charge in [-0.25, -0.2) is 0 Å². The normalized spacial score (nSPS) is 11.8. The molecular formula is C14H23NO2. The van der Waals surface area contributed by atoms with Crippen LogP contribution in [-0.2, 0) is 0 Å². The maximum atomic E-state index is 9.75. The Morgan fingerprint density at radius 2 is 1.88 bits per heavy atom. The minimum absolute atomic E-state index is 0.647. The molecule has 0 heterocycles. The first-order valence-corrected chi connectivity index (χ1v) is 6.14. The molecule has 0 atom stereocenters. The van der Waals surface area contributed by atoms with Gasteiger partial charge >= 0.3 is 0 Å². The zero-order valence-electron chi connectivity index (χ0n) is 11.0. The van der Waals surface area contributed by atoms with Crippen LogP contribution in [0.2, 0.25) is 0 Å². The lowest BCUT2D eigenvalue weighted by Crippen LogP contribution is -2.40. The molecule has 0 aliphatic rings. The average Bonchev–Trinajstić information content (AvgIpc) is 2.27. The number of rotatable bonds is 7. The predicted octanol–water partition coefficient (Wildman–Crippen LogP) is 2.16. The zero-order valence-corrected chi connectivity index (χ0v) is 11.0. The van der Waals surface area contributed by atoms with Gasteiger partial charge in [0.15, 0.2) is 0 Å². The van der Waals surface area contributed by atoms with Gasteiger partial charge in [0.1, 0.15) is 12.4 Å². The molecule has 0 radical (unpaired) electrons. The predicted molar refractivity (Wildman–Crippen MR) is 70.3 cm³/mol. The maximum Gasteiger partial charge on any atom is 0.119 e. The summed E-state index contributed by atoms with van der Waals surface area (Å²) >= 11 is 0. The van der Waals surface area contributed by atoms with Crippen molar-refractivity contribution in [1.82, 2.24) is 4.90 Å². The number of para-hydroxylation sites is 1. The number of hydrogen-bond donors (Lipinski definition) is 1. The fourth-order valence-electron chi connectivity index (χ4n) is 1.71. The Hall–Kier alpha value is -1.06. The molecule has 0 saturated carbocycles. The quantitative estimate of drug-likeness (QED) is 0.789. The van der Waals surface area contributed by atoms with E-state index in [1.54, 1.807) is 0 Å². The van der Waals surface area contributed by atoms with E-state index in [4.69, 9.17) is 4.74 Å². The molecule has 1 aromatic carbocycles. The van der Waals surface area contributed by atoms with Crippen LogP contribution in [0.25, 0.3) is 0 Å². The fraction of sp³-hybridized carbons (Fsp3) is 0.571. The molecule has 0 saturated heterocycles. The topological polar surface area (TPSA) is 32.7 Å². The summed E-state index contributed by atoms with van der Waals surface area (Å²) in [5.41, 5.74) is -0.650. The summed E-state index contributed by atoms with van der Waals surface area (Å²) in [4.78, 5) is 2.18. The van der Waals surface area contributed by atoms with Crippen LogP contribution in [0.3, 0.4) is 0 Å². The van der Waals surface area contributed by atoms with Crippen molar-refractivity contribution in [2.24, 2.45) is 0 Å². The standard InChI is InChI=1S/C14H23NO2/c1-4-15(12-14(2,3)16)10-11-17-13-8-6-5-7-9-13/h5-9,16H,4,10-12H2,1-3H3. The van der Waals surface area contributed by atoms with Crippen molar-refractivity contribution in [1.29, 1.82) is 0 Å². The largest absolute Gasteiger partial charge is 0.492 e. The number of ether oxygens (including phenoxy) is 1. The second-order valence-electron chi connectivity index (χ2n) is 4.84. The monoisotopic (exact) mass is 237 g/mol. The van der Waals surface area contributed by atoms with Crippen LogP contribution < -0.4 is 4.74 Å². The van der Waals surface area contributed by atoms with Gasteiger partial charge in [-0.15, -0.1) is 0 Å². The summed E-state index contributed by atoms with van der Waals surface area (Å²) < 4.78 is 5.63. The van der Waals surface area contributed by atoms with Crippen LogP contribution in [0.15, 0.2) is 30.3 Å². The van der Waals surface area contributed by atoms with Crippen molar-refractivity contribution in [2.75, 3.05) is 26.2 Å². The Labute approximate surface area is 104 Å². The van der Waals surface area contributed by atoms with E-state index in [2.05, 4.69) is 11.8 Å². The van der Waals surface area contributed by atoms with Gasteiger partial charge in [-0.05, 0) is 32.5 Å². The van der Waals surface area contributed by atoms with Crippen molar-refractivity contribution in [3.8, 4) is 5.75 Å². The highest BCUT2D eigenvalue weighted by Crippen LogP contribution is 2.09. The van der Waals surface area contributed by atoms with Crippen molar-refractivity contribution in [2.45, 2.75) is 26.4 Å². The molecule has 3 heteroatoms. The van der Waals surface area contributed by atoms with E-state index in [1.807, 2.05) is 44.2 Å². The smallest absolute Gasteiger partial charge is 0.119 e. The Balaban J connectivity index is 2.29. The minimum Gasteiger partial charge on any atom is -0.492 e. The molecule has 1 aromatic rings. The SMILES string of the molecule is CCN(CCOc1ccccc1)CC(C)(C)O. The van der Waals surface area contributed by atoms with Crippen LogP contribution in [0.5, 0.6) is 5.75 Å². The first kappa shape index (κ1) is 14.0. The van der Waals surface area contributed by atoms with Crippen molar-refractivity contribution < 1.29 is 9.84 Å². The summed E-state index contributed by atoms with van der Waals surface area (Å²) in [6.07, 6.45) is 0. The zero-order chi connectivity index (χ0) is 12.7. The third-order valence-corrected chi connectivity index (χ3v) is 2.48. The Kier molecular flexibility index (Phi) is 5.45. The number of aliphatic hydroxyl groups is 1. The molecule has 0 aliphatic heterocycles. The van der Waals surface area contributed by atoms with E-state index >= 15 is 0 Å². The molecule has 0 amide bonds. The molecule has 0 spiro atoms. The van der Waals surface area contributed by atoms with Crippen LogP contribution in [-0.4, -0.2) is 41.8 Å². The lowest BCUT2D eigenvalue weighted by Gasteiger charge is -2.27. The molecule has 0 fully saturated rings. The second-order valence-corrected chi connectivity index (χ2v) is 4.84. The third kappa shape index (κ3) is 6.29. The number of nitrogens with zero attached hydrogens (tertiary/aromatic N) is 1. The van der Waals surface area contributed by atoms with Gasteiger partial charge in [0, 0.05) is 13.1 Å². The highest BCUT2D eigenvalue weighted by molar-refractivity contribution is 5.20. The van der Waals surface area contributed by atoms with Crippen LogP contribution >= 0.6 is 0 Å². The molecule has 17 heavy (non-hydrogen) atoms. The lowest BCUT2D eigenvalue weighted by atomic mass is 10.1. The Morgan fingerprint density at radius 1 is 1.24 bits per heavy atom. The lowest BCUT2D eigenvalue weighted by molar-refractivity contribution is 0.0340. The second kappa shape index (κ2) is 6.62. The van der Waals surface area contributed by atoms with E-state index in [0.717, 1.165) is 18.8 Å². The summed E-state index contributed by atoms with van der Waals surface area (Å²) in [5, 5.41) is 9.75. The first-order chi connectivity index (χ1) is 8.01. The van der Waals surface area contributed by atoms with Crippen LogP contribution in [0.1, 0.15) is 20.8 Å². The first-order valence-electron chi connectivity index (χ1n) is 6.14. The number of hydrogen-bond acceptors (Lipinski definition) is 3. The third-order valence-electron chi connectivity index (χ3n) is 2.48. The van der Waals surface area contributed by atoms with Gasteiger partial charge in [0.25, 0.3) is 0 Å². The van der Waals surface area contributed by atoms with Gasteiger partial charge in [-0.2, -0.15) is 0 Å². The average molecular weight is 237 g/mol. The Bertz CT molecular complexity index is 306. The van der Waals surface area contributed by atoms with E-state index in [1.165, 1.54) is 0 Å². The van der Waals surface area contributed by atoms with Crippen molar-refractivity contribution in [3.63, 3.8) is 0 Å². The molecule has 1 rings (SSSR count). The minimum atomic E-state index is -0.650. The van der Waals surface area contributed by atoms with Gasteiger partial charge in [-0.1, -0.05) is 25.1 Å². The van der Waals surface area contributed by atoms with E-state index in [0.29, 0.717) is 13.2 Å². The van der Waals surface area contributed by atoms with E-state index in [9.17, 15) is 5.11 Å². The van der Waals surface area contributed by atoms with Crippen molar-refractivity contribution >= 4 is 0 Å². The van der Waals surface area contributed by atoms with Crippen molar-refractivity contribution in [3.05, 3.63) is 30.3 Å². The van der Waals surface area contributed by atoms with Gasteiger partial charge in [0.2, 0.25) is 0 Å². The molecule has 3 nitrogen and oxygen atoms in total. The summed E-state index contributed by atoms with van der Waals surface area (Å²) in [6, 6.07) is 9.80. The van der Waals surface area contributed by atoms with Gasteiger partial charge in [0.05, 0.1) is 5.60 Å². The molecule has 0 bridgehead atoms. The fourth-order valence-corrected chi connectivity index (χ4v) is 1.71. The van der Waals surface area contributed by atoms with Gasteiger partial charge in [-0.3, -0.25) is 4.90 Å². The van der Waals surface area contributed by atoms with Crippen LogP contribution in [0, 0.1) is 0 Å². The number of likely N-dealkylation sites (N-methyl/N-ethyl adjacent to an activating group) is 1. The molecule has 0 unspecified atom stereocenters. The molecule has 0 aromatic heterocycles. The van der Waals surface area contributed by atoms with E-state index in [-0.39, 0.29) is 0 Å². The molecule has 96 valence electrons. The summed E-state index contributed by atoms with van der Waals surface area (Å²) in [6.45, 7) is 8.81. The highest BCUT2D eigenvalue weighted by Gasteiger charge is 2.16. The summed E-state index contributed by atoms with van der Waals surface area (Å²) in [7, 11) is 0. The highest BCUT2D eigenvalue weighted by atomic mass is 16.5. The van der Waals surface area contributed by atoms with Crippen LogP contribution in [0.4, 0.5) is 0 Å². The Morgan fingerprint density at radius 3 is 2.41 bits per heavy atom.